The van der Waals surface area contributed by atoms with E-state index in [4.69, 9.17) is 5.73 Å². The fourth-order valence-electron chi connectivity index (χ4n) is 2.48. The topological polar surface area (TPSA) is 56.7 Å². The zero-order valence-corrected chi connectivity index (χ0v) is 10.8. The SMILES string of the molecule is Cc1ccc(-c2nnc3n2CCC(C)C3)cc1N. The number of hydrogen-bond acceptors (Lipinski definition) is 3. The van der Waals surface area contributed by atoms with E-state index in [1.54, 1.807) is 0 Å². The maximum atomic E-state index is 5.97. The minimum absolute atomic E-state index is 0.706. The lowest BCUT2D eigenvalue weighted by molar-refractivity contribution is 0.411. The first-order valence-corrected chi connectivity index (χ1v) is 6.43. The van der Waals surface area contributed by atoms with E-state index in [-0.39, 0.29) is 0 Å². The van der Waals surface area contributed by atoms with Crippen LogP contribution >= 0.6 is 0 Å². The van der Waals surface area contributed by atoms with Gasteiger partial charge in [0, 0.05) is 24.2 Å². The van der Waals surface area contributed by atoms with E-state index < -0.39 is 0 Å². The van der Waals surface area contributed by atoms with Gasteiger partial charge in [-0.2, -0.15) is 0 Å². The lowest BCUT2D eigenvalue weighted by Gasteiger charge is -2.20. The lowest BCUT2D eigenvalue weighted by atomic mass is 10.00. The summed E-state index contributed by atoms with van der Waals surface area (Å²) in [6, 6.07) is 6.10. The molecular weight excluding hydrogens is 224 g/mol. The van der Waals surface area contributed by atoms with Crippen molar-refractivity contribution in [3.05, 3.63) is 29.6 Å². The molecular formula is C14H18N4. The Balaban J connectivity index is 2.05. The fraction of sp³-hybridized carbons (Fsp3) is 0.429. The third-order valence-electron chi connectivity index (χ3n) is 3.74. The van der Waals surface area contributed by atoms with Crippen LogP contribution in [0.1, 0.15) is 24.7 Å². The van der Waals surface area contributed by atoms with E-state index >= 15 is 0 Å². The number of fused-ring (bicyclic) bond motifs is 1. The largest absolute Gasteiger partial charge is 0.398 e. The number of nitrogens with zero attached hydrogens (tertiary/aromatic N) is 3. The summed E-state index contributed by atoms with van der Waals surface area (Å²) in [6.45, 7) is 5.29. The zero-order chi connectivity index (χ0) is 12.7. The molecule has 0 radical (unpaired) electrons. The summed E-state index contributed by atoms with van der Waals surface area (Å²) in [4.78, 5) is 0. The van der Waals surface area contributed by atoms with Gasteiger partial charge in [0.2, 0.25) is 0 Å². The third kappa shape index (κ3) is 1.78. The Morgan fingerprint density at radius 3 is 2.94 bits per heavy atom. The van der Waals surface area contributed by atoms with Crippen LogP contribution in [0.25, 0.3) is 11.4 Å². The fourth-order valence-corrected chi connectivity index (χ4v) is 2.48. The second-order valence-corrected chi connectivity index (χ2v) is 5.26. The molecule has 2 aromatic rings. The minimum Gasteiger partial charge on any atom is -0.398 e. The van der Waals surface area contributed by atoms with Gasteiger partial charge in [-0.15, -0.1) is 10.2 Å². The van der Waals surface area contributed by atoms with Crippen LogP contribution in [0.15, 0.2) is 18.2 Å². The molecule has 4 heteroatoms. The predicted molar refractivity (Wildman–Crippen MR) is 72.1 cm³/mol. The molecule has 94 valence electrons. The molecule has 3 rings (SSSR count). The summed E-state index contributed by atoms with van der Waals surface area (Å²) < 4.78 is 2.23. The van der Waals surface area contributed by atoms with E-state index in [9.17, 15) is 0 Å². The van der Waals surface area contributed by atoms with Crippen LogP contribution in [-0.2, 0) is 13.0 Å². The van der Waals surface area contributed by atoms with Gasteiger partial charge in [0.1, 0.15) is 5.82 Å². The maximum Gasteiger partial charge on any atom is 0.164 e. The number of benzene rings is 1. The highest BCUT2D eigenvalue weighted by atomic mass is 15.3. The molecule has 4 nitrogen and oxygen atoms in total. The Kier molecular flexibility index (Phi) is 2.58. The van der Waals surface area contributed by atoms with Crippen molar-refractivity contribution in [2.45, 2.75) is 33.2 Å². The van der Waals surface area contributed by atoms with Gasteiger partial charge in [-0.25, -0.2) is 0 Å². The van der Waals surface area contributed by atoms with Crippen molar-refractivity contribution in [1.29, 1.82) is 0 Å². The summed E-state index contributed by atoms with van der Waals surface area (Å²) in [6.07, 6.45) is 2.22. The van der Waals surface area contributed by atoms with Crippen molar-refractivity contribution in [3.8, 4) is 11.4 Å². The van der Waals surface area contributed by atoms with Crippen LogP contribution < -0.4 is 5.73 Å². The van der Waals surface area contributed by atoms with Crippen LogP contribution in [-0.4, -0.2) is 14.8 Å². The standard InChI is InChI=1S/C14H18N4/c1-9-5-6-18-13(7-9)16-17-14(18)11-4-3-10(2)12(15)8-11/h3-4,8-9H,5-7,15H2,1-2H3. The van der Waals surface area contributed by atoms with E-state index in [1.807, 2.05) is 19.1 Å². The van der Waals surface area contributed by atoms with Crippen LogP contribution in [0.2, 0.25) is 0 Å². The molecule has 18 heavy (non-hydrogen) atoms. The van der Waals surface area contributed by atoms with Crippen molar-refractivity contribution in [2.75, 3.05) is 5.73 Å². The first-order valence-electron chi connectivity index (χ1n) is 6.43. The number of anilines is 1. The molecule has 2 heterocycles. The first kappa shape index (κ1) is 11.3. The first-order chi connectivity index (χ1) is 8.65. The molecule has 1 aliphatic heterocycles. The predicted octanol–water partition coefficient (Wildman–Crippen LogP) is 2.42. The quantitative estimate of drug-likeness (QED) is 0.781. The van der Waals surface area contributed by atoms with Crippen LogP contribution in [0.4, 0.5) is 5.69 Å². The van der Waals surface area contributed by atoms with Crippen molar-refractivity contribution in [3.63, 3.8) is 0 Å². The summed E-state index contributed by atoms with van der Waals surface area (Å²) in [7, 11) is 0. The Hall–Kier alpha value is -1.84. The number of nitrogens with two attached hydrogens (primary N) is 1. The molecule has 1 aromatic carbocycles. The van der Waals surface area contributed by atoms with Gasteiger partial charge < -0.3 is 10.3 Å². The molecule has 0 bridgehead atoms. The lowest BCUT2D eigenvalue weighted by Crippen LogP contribution is -2.18. The molecule has 1 aromatic heterocycles. The van der Waals surface area contributed by atoms with E-state index in [2.05, 4.69) is 27.8 Å². The molecule has 1 unspecified atom stereocenters. The summed E-state index contributed by atoms with van der Waals surface area (Å²) >= 11 is 0. The molecule has 0 amide bonds. The number of aryl methyl sites for hydroxylation is 1. The van der Waals surface area contributed by atoms with Gasteiger partial charge in [0.25, 0.3) is 0 Å². The van der Waals surface area contributed by atoms with E-state index in [0.29, 0.717) is 5.92 Å². The van der Waals surface area contributed by atoms with Gasteiger partial charge in [-0.05, 0) is 30.9 Å². The smallest absolute Gasteiger partial charge is 0.164 e. The molecule has 0 saturated carbocycles. The van der Waals surface area contributed by atoms with Crippen LogP contribution in [0, 0.1) is 12.8 Å². The molecule has 0 aliphatic carbocycles. The number of nitrogen functional groups attached to an aromatic ring is 1. The van der Waals surface area contributed by atoms with Gasteiger partial charge in [0.05, 0.1) is 0 Å². The molecule has 2 N–H and O–H groups in total. The number of aromatic nitrogens is 3. The van der Waals surface area contributed by atoms with Crippen molar-refractivity contribution >= 4 is 5.69 Å². The Labute approximate surface area is 107 Å². The number of rotatable bonds is 1. The molecule has 0 fully saturated rings. The van der Waals surface area contributed by atoms with Gasteiger partial charge in [-0.1, -0.05) is 19.1 Å². The number of hydrogen-bond donors (Lipinski definition) is 1. The highest BCUT2D eigenvalue weighted by Gasteiger charge is 2.20. The second kappa shape index (κ2) is 4.12. The monoisotopic (exact) mass is 242 g/mol. The minimum atomic E-state index is 0.706. The Bertz CT molecular complexity index is 585. The normalized spacial score (nSPS) is 18.7. The van der Waals surface area contributed by atoms with Gasteiger partial charge in [0.15, 0.2) is 5.82 Å². The van der Waals surface area contributed by atoms with Crippen LogP contribution in [0.5, 0.6) is 0 Å². The highest BCUT2D eigenvalue weighted by Crippen LogP contribution is 2.27. The maximum absolute atomic E-state index is 5.97. The molecule has 0 saturated heterocycles. The average Bonchev–Trinajstić information content (AvgIpc) is 2.75. The summed E-state index contributed by atoms with van der Waals surface area (Å²) in [5.74, 6) is 2.75. The summed E-state index contributed by atoms with van der Waals surface area (Å²) in [5.41, 5.74) is 8.95. The third-order valence-corrected chi connectivity index (χ3v) is 3.74. The van der Waals surface area contributed by atoms with Crippen LogP contribution in [0.3, 0.4) is 0 Å². The van der Waals surface area contributed by atoms with Crippen molar-refractivity contribution < 1.29 is 0 Å². The Morgan fingerprint density at radius 1 is 1.33 bits per heavy atom. The average molecular weight is 242 g/mol. The summed E-state index contributed by atoms with van der Waals surface area (Å²) in [5, 5.41) is 8.64. The van der Waals surface area contributed by atoms with Crippen molar-refractivity contribution in [2.24, 2.45) is 5.92 Å². The highest BCUT2D eigenvalue weighted by molar-refractivity contribution is 5.64. The van der Waals surface area contributed by atoms with Gasteiger partial charge >= 0.3 is 0 Å². The van der Waals surface area contributed by atoms with E-state index in [0.717, 1.165) is 41.4 Å². The molecule has 0 spiro atoms. The Morgan fingerprint density at radius 2 is 2.17 bits per heavy atom. The zero-order valence-electron chi connectivity index (χ0n) is 10.8. The van der Waals surface area contributed by atoms with E-state index in [1.165, 1.54) is 6.42 Å². The van der Waals surface area contributed by atoms with Crippen molar-refractivity contribution in [1.82, 2.24) is 14.8 Å². The molecule has 1 atom stereocenters. The van der Waals surface area contributed by atoms with Gasteiger partial charge in [-0.3, -0.25) is 0 Å². The second-order valence-electron chi connectivity index (χ2n) is 5.26. The molecule has 1 aliphatic rings.